The fraction of sp³-hybridized carbons (Fsp3) is 0.538. The average Bonchev–Trinajstić information content (AvgIpc) is 2.29. The van der Waals surface area contributed by atoms with Gasteiger partial charge in [-0.15, -0.1) is 0 Å². The van der Waals surface area contributed by atoms with Gasteiger partial charge in [-0.25, -0.2) is 8.78 Å². The van der Waals surface area contributed by atoms with Crippen LogP contribution in [0.5, 0.6) is 0 Å². The smallest absolute Gasteiger partial charge is 0.184 e. The molecule has 1 aliphatic rings. The molecule has 0 aromatic heterocycles. The zero-order chi connectivity index (χ0) is 12.3. The Morgan fingerprint density at radius 3 is 2.24 bits per heavy atom. The van der Waals surface area contributed by atoms with E-state index in [9.17, 15) is 8.78 Å². The Bertz CT molecular complexity index is 353. The van der Waals surface area contributed by atoms with Crippen LogP contribution in [0.3, 0.4) is 0 Å². The average molecular weight is 242 g/mol. The minimum atomic E-state index is -0.645. The molecule has 17 heavy (non-hydrogen) atoms. The number of ether oxygens (including phenoxy) is 2. The SMILES string of the molecule is CCCC1COC(c2cc(F)cc(F)c2)OC1. The fourth-order valence-corrected chi connectivity index (χ4v) is 2.02. The number of hydrogen-bond donors (Lipinski definition) is 0. The van der Waals surface area contributed by atoms with E-state index in [0.29, 0.717) is 24.7 Å². The maximum Gasteiger partial charge on any atom is 0.184 e. The first-order valence-electron chi connectivity index (χ1n) is 5.88. The maximum atomic E-state index is 13.0. The van der Waals surface area contributed by atoms with Crippen molar-refractivity contribution in [1.29, 1.82) is 0 Å². The van der Waals surface area contributed by atoms with Crippen LogP contribution in [0.1, 0.15) is 31.6 Å². The van der Waals surface area contributed by atoms with Crippen molar-refractivity contribution in [2.75, 3.05) is 13.2 Å². The van der Waals surface area contributed by atoms with Gasteiger partial charge in [0.15, 0.2) is 6.29 Å². The van der Waals surface area contributed by atoms with Crippen molar-refractivity contribution >= 4 is 0 Å². The van der Waals surface area contributed by atoms with Gasteiger partial charge in [0, 0.05) is 17.5 Å². The highest BCUT2D eigenvalue weighted by Crippen LogP contribution is 2.27. The van der Waals surface area contributed by atoms with Gasteiger partial charge in [-0.3, -0.25) is 0 Å². The molecule has 1 fully saturated rings. The Morgan fingerprint density at radius 2 is 1.71 bits per heavy atom. The summed E-state index contributed by atoms with van der Waals surface area (Å²) in [6.45, 7) is 3.27. The van der Waals surface area contributed by atoms with Crippen molar-refractivity contribution < 1.29 is 18.3 Å². The first-order valence-corrected chi connectivity index (χ1v) is 5.88. The third-order valence-corrected chi connectivity index (χ3v) is 2.82. The van der Waals surface area contributed by atoms with Crippen molar-refractivity contribution in [3.05, 3.63) is 35.4 Å². The van der Waals surface area contributed by atoms with E-state index in [4.69, 9.17) is 9.47 Å². The lowest BCUT2D eigenvalue weighted by molar-refractivity contribution is -0.206. The Hall–Kier alpha value is -1.00. The molecule has 0 bridgehead atoms. The van der Waals surface area contributed by atoms with Crippen LogP contribution in [-0.4, -0.2) is 13.2 Å². The van der Waals surface area contributed by atoms with E-state index in [-0.39, 0.29) is 0 Å². The van der Waals surface area contributed by atoms with Gasteiger partial charge in [0.05, 0.1) is 13.2 Å². The van der Waals surface area contributed by atoms with E-state index in [1.807, 2.05) is 0 Å². The molecule has 1 saturated heterocycles. The Morgan fingerprint density at radius 1 is 1.12 bits per heavy atom. The molecular weight excluding hydrogens is 226 g/mol. The van der Waals surface area contributed by atoms with Crippen molar-refractivity contribution in [1.82, 2.24) is 0 Å². The van der Waals surface area contributed by atoms with Gasteiger partial charge in [0.25, 0.3) is 0 Å². The maximum absolute atomic E-state index is 13.0. The Balaban J connectivity index is 2.00. The quantitative estimate of drug-likeness (QED) is 0.808. The molecule has 1 heterocycles. The van der Waals surface area contributed by atoms with E-state index in [0.717, 1.165) is 18.9 Å². The van der Waals surface area contributed by atoms with Crippen molar-refractivity contribution in [2.24, 2.45) is 5.92 Å². The first kappa shape index (κ1) is 12.5. The van der Waals surface area contributed by atoms with Crippen LogP contribution < -0.4 is 0 Å². The van der Waals surface area contributed by atoms with E-state index >= 15 is 0 Å². The molecule has 1 aromatic rings. The molecule has 0 aliphatic carbocycles. The van der Waals surface area contributed by atoms with Gasteiger partial charge >= 0.3 is 0 Å². The molecule has 0 spiro atoms. The normalized spacial score (nSPS) is 24.9. The molecule has 0 saturated carbocycles. The number of hydrogen-bond acceptors (Lipinski definition) is 2. The summed E-state index contributed by atoms with van der Waals surface area (Å²) in [6, 6.07) is 3.33. The molecule has 2 rings (SSSR count). The summed E-state index contributed by atoms with van der Waals surface area (Å²) in [5.41, 5.74) is 0.400. The zero-order valence-corrected chi connectivity index (χ0v) is 9.79. The van der Waals surface area contributed by atoms with Crippen LogP contribution in [0.4, 0.5) is 8.78 Å². The van der Waals surface area contributed by atoms with Gasteiger partial charge < -0.3 is 9.47 Å². The van der Waals surface area contributed by atoms with E-state index in [1.165, 1.54) is 12.1 Å². The lowest BCUT2D eigenvalue weighted by atomic mass is 10.1. The van der Waals surface area contributed by atoms with Crippen LogP contribution >= 0.6 is 0 Å². The van der Waals surface area contributed by atoms with E-state index < -0.39 is 17.9 Å². The van der Waals surface area contributed by atoms with Gasteiger partial charge in [-0.05, 0) is 18.6 Å². The highest BCUT2D eigenvalue weighted by Gasteiger charge is 2.23. The zero-order valence-electron chi connectivity index (χ0n) is 9.79. The van der Waals surface area contributed by atoms with Crippen LogP contribution in [0.2, 0.25) is 0 Å². The minimum absolute atomic E-state index is 0.384. The van der Waals surface area contributed by atoms with Gasteiger partial charge in [0.1, 0.15) is 11.6 Å². The van der Waals surface area contributed by atoms with Crippen LogP contribution in [0.15, 0.2) is 18.2 Å². The highest BCUT2D eigenvalue weighted by molar-refractivity contribution is 5.19. The molecule has 0 unspecified atom stereocenters. The van der Waals surface area contributed by atoms with Gasteiger partial charge in [-0.2, -0.15) is 0 Å². The standard InChI is InChI=1S/C13H16F2O2/c1-2-3-9-7-16-13(17-8-9)10-4-11(14)6-12(15)5-10/h4-6,9,13H,2-3,7-8H2,1H3. The Labute approximate surface area is 99.5 Å². The van der Waals surface area contributed by atoms with Crippen molar-refractivity contribution in [3.63, 3.8) is 0 Å². The van der Waals surface area contributed by atoms with Crippen molar-refractivity contribution in [3.8, 4) is 0 Å². The molecular formula is C13H16F2O2. The predicted molar refractivity (Wildman–Crippen MR) is 59.4 cm³/mol. The third kappa shape index (κ3) is 3.23. The van der Waals surface area contributed by atoms with Crippen LogP contribution in [0.25, 0.3) is 0 Å². The molecule has 0 N–H and O–H groups in total. The topological polar surface area (TPSA) is 18.5 Å². The highest BCUT2D eigenvalue weighted by atomic mass is 19.1. The van der Waals surface area contributed by atoms with E-state index in [1.54, 1.807) is 0 Å². The molecule has 4 heteroatoms. The van der Waals surface area contributed by atoms with Crippen molar-refractivity contribution in [2.45, 2.75) is 26.1 Å². The monoisotopic (exact) mass is 242 g/mol. The van der Waals surface area contributed by atoms with Crippen LogP contribution in [-0.2, 0) is 9.47 Å². The summed E-state index contributed by atoms with van der Waals surface area (Å²) in [6.07, 6.45) is 1.48. The second-order valence-corrected chi connectivity index (χ2v) is 4.36. The molecule has 1 aliphatic heterocycles. The minimum Gasteiger partial charge on any atom is -0.348 e. The molecule has 0 amide bonds. The largest absolute Gasteiger partial charge is 0.348 e. The van der Waals surface area contributed by atoms with Gasteiger partial charge in [0.2, 0.25) is 0 Å². The van der Waals surface area contributed by atoms with E-state index in [2.05, 4.69) is 6.92 Å². The summed E-state index contributed by atoms with van der Waals surface area (Å²) >= 11 is 0. The summed E-state index contributed by atoms with van der Waals surface area (Å²) in [5.74, 6) is -0.833. The lowest BCUT2D eigenvalue weighted by Gasteiger charge is -2.29. The Kier molecular flexibility index (Phi) is 4.07. The second kappa shape index (κ2) is 5.56. The molecule has 0 atom stereocenters. The number of rotatable bonds is 3. The molecule has 94 valence electrons. The van der Waals surface area contributed by atoms with Crippen LogP contribution in [0, 0.1) is 17.6 Å². The summed E-state index contributed by atoms with van der Waals surface area (Å²) < 4.78 is 37.0. The summed E-state index contributed by atoms with van der Waals surface area (Å²) in [4.78, 5) is 0. The van der Waals surface area contributed by atoms with Gasteiger partial charge in [-0.1, -0.05) is 13.3 Å². The third-order valence-electron chi connectivity index (χ3n) is 2.82. The molecule has 2 nitrogen and oxygen atoms in total. The predicted octanol–water partition coefficient (Wildman–Crippen LogP) is 3.43. The number of benzene rings is 1. The summed E-state index contributed by atoms with van der Waals surface area (Å²) in [5, 5.41) is 0. The molecule has 1 aromatic carbocycles. The molecule has 0 radical (unpaired) electrons. The second-order valence-electron chi connectivity index (χ2n) is 4.36. The lowest BCUT2D eigenvalue weighted by Crippen LogP contribution is -2.27. The summed E-state index contributed by atoms with van der Waals surface area (Å²) in [7, 11) is 0. The number of halogens is 2. The first-order chi connectivity index (χ1) is 8.19. The fourth-order valence-electron chi connectivity index (χ4n) is 2.02.